The minimum Gasteiger partial charge on any atom is -0.281 e. The summed E-state index contributed by atoms with van der Waals surface area (Å²) in [7, 11) is -6.85. The van der Waals surface area contributed by atoms with Crippen molar-refractivity contribution in [1.82, 2.24) is 0 Å². The van der Waals surface area contributed by atoms with Crippen LogP contribution in [0.4, 0.5) is 30.7 Å². The number of rotatable bonds is 2. The molecule has 15 heavy (non-hydrogen) atoms. The fourth-order valence-electron chi connectivity index (χ4n) is 0.327. The fourth-order valence-corrected chi connectivity index (χ4v) is 0.767. The van der Waals surface area contributed by atoms with Crippen LogP contribution in [-0.4, -0.2) is 49.2 Å². The molecule has 3 nitrogen and oxygen atoms in total. The zero-order valence-corrected chi connectivity index (χ0v) is 7.63. The molecule has 0 aromatic heterocycles. The van der Waals surface area contributed by atoms with Crippen molar-refractivity contribution in [3.05, 3.63) is 0 Å². The molecule has 0 saturated heterocycles. The normalized spacial score (nSPS) is 14.7. The number of hydrogen-bond donors (Lipinski definition) is 1. The standard InChI is InChI=1S/C3HF7O3S.Li/c4-1(5,2(6,7)8)3(9,10)14(11,12)13;/h(H,11,12,13);. The van der Waals surface area contributed by atoms with Gasteiger partial charge in [0, 0.05) is 18.9 Å². The van der Waals surface area contributed by atoms with Crippen LogP contribution in [0.25, 0.3) is 0 Å². The van der Waals surface area contributed by atoms with Crippen LogP contribution < -0.4 is 0 Å². The molecule has 0 amide bonds. The van der Waals surface area contributed by atoms with E-state index >= 15 is 0 Å². The largest absolute Gasteiger partial charge is 0.461 e. The molecule has 12 heteroatoms. The van der Waals surface area contributed by atoms with Gasteiger partial charge in [0.1, 0.15) is 0 Å². The van der Waals surface area contributed by atoms with E-state index in [1.54, 1.807) is 0 Å². The van der Waals surface area contributed by atoms with Gasteiger partial charge in [0.2, 0.25) is 0 Å². The predicted octanol–water partition coefficient (Wildman–Crippen LogP) is 1.28. The Morgan fingerprint density at radius 2 is 1.13 bits per heavy atom. The minimum absolute atomic E-state index is 0. The Kier molecular flexibility index (Phi) is 4.78. The second-order valence-corrected chi connectivity index (χ2v) is 3.53. The molecule has 87 valence electrons. The molecule has 0 aromatic carbocycles. The average Bonchev–Trinajstić information content (AvgIpc) is 1.81. The Balaban J connectivity index is 0. The molecular weight excluding hydrogens is 256 g/mol. The summed E-state index contributed by atoms with van der Waals surface area (Å²) in [4.78, 5) is 0. The van der Waals surface area contributed by atoms with Crippen molar-refractivity contribution in [2.45, 2.75) is 17.4 Å². The van der Waals surface area contributed by atoms with Gasteiger partial charge in [-0.05, 0) is 0 Å². The molecule has 0 heterocycles. The van der Waals surface area contributed by atoms with E-state index in [-0.39, 0.29) is 18.9 Å². The maximum atomic E-state index is 11.9. The van der Waals surface area contributed by atoms with Gasteiger partial charge < -0.3 is 0 Å². The van der Waals surface area contributed by atoms with Crippen molar-refractivity contribution in [1.29, 1.82) is 0 Å². The number of hydrogen-bond acceptors (Lipinski definition) is 2. The maximum absolute atomic E-state index is 11.9. The van der Waals surface area contributed by atoms with Gasteiger partial charge in [-0.25, -0.2) is 0 Å². The Morgan fingerprint density at radius 3 is 1.20 bits per heavy atom. The van der Waals surface area contributed by atoms with Crippen molar-refractivity contribution < 1.29 is 43.7 Å². The topological polar surface area (TPSA) is 54.4 Å². The molecule has 0 unspecified atom stereocenters. The summed E-state index contributed by atoms with van der Waals surface area (Å²) in [5, 5.41) is -6.61. The Morgan fingerprint density at radius 1 is 0.867 bits per heavy atom. The zero-order valence-electron chi connectivity index (χ0n) is 6.82. The number of alkyl halides is 7. The minimum atomic E-state index is -6.85. The maximum Gasteiger partial charge on any atom is 0.461 e. The van der Waals surface area contributed by atoms with Crippen LogP contribution in [0.3, 0.4) is 0 Å². The molecule has 0 aliphatic carbocycles. The average molecular weight is 257 g/mol. The summed E-state index contributed by atoms with van der Waals surface area (Å²) in [5.41, 5.74) is 0. The molecule has 0 aliphatic heterocycles. The van der Waals surface area contributed by atoms with E-state index < -0.39 is 27.5 Å². The molecule has 1 radical (unpaired) electrons. The van der Waals surface area contributed by atoms with Gasteiger partial charge in [-0.15, -0.1) is 0 Å². The summed E-state index contributed by atoms with van der Waals surface area (Å²) in [6, 6.07) is 0. The van der Waals surface area contributed by atoms with Crippen molar-refractivity contribution >= 4 is 29.0 Å². The monoisotopic (exact) mass is 257 g/mol. The molecule has 0 atom stereocenters. The van der Waals surface area contributed by atoms with Gasteiger partial charge in [0.15, 0.2) is 0 Å². The first-order valence-electron chi connectivity index (χ1n) is 2.54. The fraction of sp³-hybridized carbons (Fsp3) is 1.00. The first-order chi connectivity index (χ1) is 5.75. The van der Waals surface area contributed by atoms with Crippen LogP contribution in [0, 0.1) is 0 Å². The Hall–Kier alpha value is 0.0174. The van der Waals surface area contributed by atoms with Crippen LogP contribution in [0.5, 0.6) is 0 Å². The van der Waals surface area contributed by atoms with Crippen molar-refractivity contribution in [3.8, 4) is 0 Å². The smallest absolute Gasteiger partial charge is 0.281 e. The Labute approximate surface area is 90.6 Å². The molecule has 1 N–H and O–H groups in total. The van der Waals surface area contributed by atoms with E-state index in [2.05, 4.69) is 0 Å². The third-order valence-corrected chi connectivity index (χ3v) is 1.95. The van der Waals surface area contributed by atoms with Gasteiger partial charge in [-0.2, -0.15) is 39.2 Å². The van der Waals surface area contributed by atoms with E-state index in [1.807, 2.05) is 0 Å². The second-order valence-electron chi connectivity index (χ2n) is 2.06. The first-order valence-corrected chi connectivity index (χ1v) is 3.98. The van der Waals surface area contributed by atoms with Gasteiger partial charge in [0.05, 0.1) is 0 Å². The van der Waals surface area contributed by atoms with Gasteiger partial charge in [0.25, 0.3) is 0 Å². The molecule has 0 bridgehead atoms. The van der Waals surface area contributed by atoms with Crippen LogP contribution in [0.15, 0.2) is 0 Å². The summed E-state index contributed by atoms with van der Waals surface area (Å²) in [5.74, 6) is -6.85. The van der Waals surface area contributed by atoms with E-state index in [1.165, 1.54) is 0 Å². The summed E-state index contributed by atoms with van der Waals surface area (Å²) in [6.45, 7) is 0. The van der Waals surface area contributed by atoms with Crippen molar-refractivity contribution in [3.63, 3.8) is 0 Å². The van der Waals surface area contributed by atoms with Gasteiger partial charge >= 0.3 is 27.5 Å². The van der Waals surface area contributed by atoms with E-state index in [9.17, 15) is 39.2 Å². The SMILES string of the molecule is O=S(=O)(O)C(F)(F)C(F)(F)C(F)(F)F.[Li]. The molecule has 0 spiro atoms. The van der Waals surface area contributed by atoms with Crippen LogP contribution >= 0.6 is 0 Å². The summed E-state index contributed by atoms with van der Waals surface area (Å²) >= 11 is 0. The van der Waals surface area contributed by atoms with E-state index in [0.717, 1.165) is 0 Å². The molecule has 0 aromatic rings. The third-order valence-electron chi connectivity index (χ3n) is 1.05. The first kappa shape index (κ1) is 17.4. The van der Waals surface area contributed by atoms with E-state index in [0.29, 0.717) is 0 Å². The second kappa shape index (κ2) is 4.12. The quantitative estimate of drug-likeness (QED) is 0.460. The molecule has 0 rings (SSSR count). The van der Waals surface area contributed by atoms with Crippen molar-refractivity contribution in [2.24, 2.45) is 0 Å². The predicted molar refractivity (Wildman–Crippen MR) is 33.3 cm³/mol. The van der Waals surface area contributed by atoms with E-state index in [4.69, 9.17) is 4.55 Å². The molecule has 0 aliphatic rings. The number of halogens is 7. The summed E-state index contributed by atoms with van der Waals surface area (Å²) in [6.07, 6.45) is -6.79. The van der Waals surface area contributed by atoms with Crippen LogP contribution in [0.2, 0.25) is 0 Å². The molecular formula is C3HF7LiO3S. The van der Waals surface area contributed by atoms with Gasteiger partial charge in [-0.1, -0.05) is 0 Å². The van der Waals surface area contributed by atoms with Crippen molar-refractivity contribution in [2.75, 3.05) is 0 Å². The molecule has 0 saturated carbocycles. The van der Waals surface area contributed by atoms with Crippen LogP contribution in [0.1, 0.15) is 0 Å². The van der Waals surface area contributed by atoms with Gasteiger partial charge in [-0.3, -0.25) is 4.55 Å². The summed E-state index contributed by atoms with van der Waals surface area (Å²) < 4.78 is 108. The zero-order chi connectivity index (χ0) is 12.0. The molecule has 0 fully saturated rings. The Bertz CT molecular complexity index is 319. The van der Waals surface area contributed by atoms with Crippen LogP contribution in [-0.2, 0) is 10.1 Å². The third kappa shape index (κ3) is 2.77.